The Kier molecular flexibility index (Phi) is 3.09. The predicted octanol–water partition coefficient (Wildman–Crippen LogP) is 3.66. The molecular weight excluding hydrogens is 258 g/mol. The summed E-state index contributed by atoms with van der Waals surface area (Å²) in [5, 5.41) is 9.58. The van der Waals surface area contributed by atoms with Gasteiger partial charge in [-0.25, -0.2) is 4.79 Å². The van der Waals surface area contributed by atoms with Crippen molar-refractivity contribution in [3.05, 3.63) is 39.7 Å². The van der Waals surface area contributed by atoms with Crippen LogP contribution in [0.2, 0.25) is 5.02 Å². The molecule has 0 spiro atoms. The first-order valence-electron chi connectivity index (χ1n) is 4.89. The summed E-state index contributed by atoms with van der Waals surface area (Å²) >= 11 is 7.32. The number of halogens is 1. The zero-order valence-corrected chi connectivity index (χ0v) is 10.6. The zero-order valence-electron chi connectivity index (χ0n) is 9.03. The maximum atomic E-state index is 10.9. The van der Waals surface area contributed by atoms with E-state index in [2.05, 4.69) is 0 Å². The minimum Gasteiger partial charge on any atom is -0.477 e. The van der Waals surface area contributed by atoms with Crippen molar-refractivity contribution in [1.82, 2.24) is 0 Å². The van der Waals surface area contributed by atoms with Gasteiger partial charge in [-0.15, -0.1) is 11.3 Å². The molecule has 0 saturated carbocycles. The summed E-state index contributed by atoms with van der Waals surface area (Å²) in [6.45, 7) is 1.90. The molecule has 0 radical (unpaired) electrons. The molecule has 3 N–H and O–H groups in total. The van der Waals surface area contributed by atoms with Gasteiger partial charge in [0.25, 0.3) is 0 Å². The van der Waals surface area contributed by atoms with E-state index in [1.807, 2.05) is 25.1 Å². The standard InChI is InChI=1S/C12H10ClNO2S/c1-6-3-2-4-7(10(6)13)9-5-8(14)11(17-9)12(15)16/h2-5H,14H2,1H3,(H,15,16). The molecule has 88 valence electrons. The van der Waals surface area contributed by atoms with Crippen LogP contribution in [0.3, 0.4) is 0 Å². The molecule has 1 aromatic carbocycles. The van der Waals surface area contributed by atoms with Crippen LogP contribution in [0, 0.1) is 6.92 Å². The highest BCUT2D eigenvalue weighted by molar-refractivity contribution is 7.18. The van der Waals surface area contributed by atoms with Crippen LogP contribution < -0.4 is 5.73 Å². The third kappa shape index (κ3) is 2.14. The van der Waals surface area contributed by atoms with Gasteiger partial charge in [-0.3, -0.25) is 0 Å². The lowest BCUT2D eigenvalue weighted by molar-refractivity contribution is 0.0703. The molecule has 0 aliphatic carbocycles. The van der Waals surface area contributed by atoms with Crippen LogP contribution in [0.1, 0.15) is 15.2 Å². The van der Waals surface area contributed by atoms with E-state index >= 15 is 0 Å². The first kappa shape index (κ1) is 12.0. The number of hydrogen-bond acceptors (Lipinski definition) is 3. The molecule has 5 heteroatoms. The fourth-order valence-corrected chi connectivity index (χ4v) is 2.78. The van der Waals surface area contributed by atoms with Gasteiger partial charge in [0.15, 0.2) is 0 Å². The van der Waals surface area contributed by atoms with Gasteiger partial charge in [0.1, 0.15) is 4.88 Å². The Morgan fingerprint density at radius 2 is 2.18 bits per heavy atom. The van der Waals surface area contributed by atoms with Crippen molar-refractivity contribution in [2.24, 2.45) is 0 Å². The van der Waals surface area contributed by atoms with Crippen LogP contribution >= 0.6 is 22.9 Å². The normalized spacial score (nSPS) is 10.5. The lowest BCUT2D eigenvalue weighted by Crippen LogP contribution is -1.96. The Morgan fingerprint density at radius 1 is 1.47 bits per heavy atom. The van der Waals surface area contributed by atoms with Gasteiger partial charge in [0.05, 0.1) is 10.7 Å². The minimum atomic E-state index is -1.01. The summed E-state index contributed by atoms with van der Waals surface area (Å²) in [6.07, 6.45) is 0. The van der Waals surface area contributed by atoms with Gasteiger partial charge in [-0.05, 0) is 18.6 Å². The molecule has 2 aromatic rings. The summed E-state index contributed by atoms with van der Waals surface area (Å²) in [4.78, 5) is 11.8. The molecule has 0 atom stereocenters. The fourth-order valence-electron chi connectivity index (χ4n) is 1.54. The number of hydrogen-bond donors (Lipinski definition) is 2. The Bertz CT molecular complexity index is 592. The molecule has 0 bridgehead atoms. The lowest BCUT2D eigenvalue weighted by atomic mass is 10.1. The summed E-state index contributed by atoms with van der Waals surface area (Å²) in [5.74, 6) is -1.01. The highest BCUT2D eigenvalue weighted by atomic mass is 35.5. The first-order valence-corrected chi connectivity index (χ1v) is 6.08. The van der Waals surface area contributed by atoms with Crippen LogP contribution in [0.25, 0.3) is 10.4 Å². The number of aryl methyl sites for hydroxylation is 1. The van der Waals surface area contributed by atoms with Crippen molar-refractivity contribution < 1.29 is 9.90 Å². The third-order valence-electron chi connectivity index (χ3n) is 2.41. The molecule has 0 unspecified atom stereocenters. The van der Waals surface area contributed by atoms with Crippen molar-refractivity contribution in [3.8, 4) is 10.4 Å². The van der Waals surface area contributed by atoms with Gasteiger partial charge < -0.3 is 10.8 Å². The largest absolute Gasteiger partial charge is 0.477 e. The van der Waals surface area contributed by atoms with E-state index in [-0.39, 0.29) is 10.6 Å². The minimum absolute atomic E-state index is 0.151. The number of nitrogens with two attached hydrogens (primary N) is 1. The van der Waals surface area contributed by atoms with E-state index in [9.17, 15) is 4.79 Å². The number of aromatic carboxylic acids is 1. The Balaban J connectivity index is 2.58. The van der Waals surface area contributed by atoms with Crippen LogP contribution in [-0.4, -0.2) is 11.1 Å². The third-order valence-corrected chi connectivity index (χ3v) is 4.09. The molecule has 1 aromatic heterocycles. The van der Waals surface area contributed by atoms with E-state index in [4.69, 9.17) is 22.4 Å². The topological polar surface area (TPSA) is 63.3 Å². The number of anilines is 1. The molecule has 1 heterocycles. The van der Waals surface area contributed by atoms with Crippen molar-refractivity contribution in [2.45, 2.75) is 6.92 Å². The maximum absolute atomic E-state index is 10.9. The van der Waals surface area contributed by atoms with Gasteiger partial charge in [0.2, 0.25) is 0 Å². The summed E-state index contributed by atoms with van der Waals surface area (Å²) in [6, 6.07) is 7.29. The van der Waals surface area contributed by atoms with Crippen molar-refractivity contribution >= 4 is 34.6 Å². The van der Waals surface area contributed by atoms with E-state index in [0.29, 0.717) is 5.02 Å². The number of carboxylic acids is 1. The monoisotopic (exact) mass is 267 g/mol. The number of carbonyl (C=O) groups is 1. The van der Waals surface area contributed by atoms with E-state index in [0.717, 1.165) is 27.3 Å². The molecule has 17 heavy (non-hydrogen) atoms. The average molecular weight is 268 g/mol. The van der Waals surface area contributed by atoms with Gasteiger partial charge in [-0.2, -0.15) is 0 Å². The Labute approximate surface area is 107 Å². The number of nitrogen functional groups attached to an aromatic ring is 1. The second-order valence-corrected chi connectivity index (χ2v) is 5.07. The highest BCUT2D eigenvalue weighted by Gasteiger charge is 2.15. The molecule has 0 aliphatic rings. The van der Waals surface area contributed by atoms with E-state index in [1.54, 1.807) is 6.07 Å². The van der Waals surface area contributed by atoms with Crippen molar-refractivity contribution in [1.29, 1.82) is 0 Å². The maximum Gasteiger partial charge on any atom is 0.348 e. The molecule has 3 nitrogen and oxygen atoms in total. The number of carboxylic acid groups (broad SMARTS) is 1. The van der Waals surface area contributed by atoms with Crippen molar-refractivity contribution in [2.75, 3.05) is 5.73 Å². The predicted molar refractivity (Wildman–Crippen MR) is 70.9 cm³/mol. The first-order chi connectivity index (χ1) is 8.00. The van der Waals surface area contributed by atoms with Gasteiger partial charge >= 0.3 is 5.97 Å². The number of rotatable bonds is 2. The Hall–Kier alpha value is -1.52. The second-order valence-electron chi connectivity index (χ2n) is 3.64. The molecule has 0 amide bonds. The van der Waals surface area contributed by atoms with E-state index in [1.165, 1.54) is 0 Å². The smallest absolute Gasteiger partial charge is 0.348 e. The molecule has 0 saturated heterocycles. The summed E-state index contributed by atoms with van der Waals surface area (Å²) in [5.41, 5.74) is 7.69. The molecule has 2 rings (SSSR count). The molecular formula is C12H10ClNO2S. The molecule has 0 fully saturated rings. The average Bonchev–Trinajstić information content (AvgIpc) is 2.64. The second kappa shape index (κ2) is 4.39. The van der Waals surface area contributed by atoms with Crippen molar-refractivity contribution in [3.63, 3.8) is 0 Å². The number of benzene rings is 1. The summed E-state index contributed by atoms with van der Waals surface area (Å²) in [7, 11) is 0. The highest BCUT2D eigenvalue weighted by Crippen LogP contribution is 2.37. The SMILES string of the molecule is Cc1cccc(-c2cc(N)c(C(=O)O)s2)c1Cl. The van der Waals surface area contributed by atoms with E-state index < -0.39 is 5.97 Å². The van der Waals surface area contributed by atoms with Crippen LogP contribution in [0.15, 0.2) is 24.3 Å². The quantitative estimate of drug-likeness (QED) is 0.873. The van der Waals surface area contributed by atoms with Crippen LogP contribution in [-0.2, 0) is 0 Å². The lowest BCUT2D eigenvalue weighted by Gasteiger charge is -2.03. The zero-order chi connectivity index (χ0) is 12.6. The van der Waals surface area contributed by atoms with Gasteiger partial charge in [0, 0.05) is 10.4 Å². The Morgan fingerprint density at radius 3 is 2.76 bits per heavy atom. The number of thiophene rings is 1. The fraction of sp³-hybridized carbons (Fsp3) is 0.0833. The molecule has 0 aliphatic heterocycles. The van der Waals surface area contributed by atoms with Crippen LogP contribution in [0.5, 0.6) is 0 Å². The van der Waals surface area contributed by atoms with Gasteiger partial charge in [-0.1, -0.05) is 29.8 Å². The van der Waals surface area contributed by atoms with Crippen LogP contribution in [0.4, 0.5) is 5.69 Å². The summed E-state index contributed by atoms with van der Waals surface area (Å²) < 4.78 is 0.